The lowest BCUT2D eigenvalue weighted by Crippen LogP contribution is -2.03. The third kappa shape index (κ3) is 4.81. The zero-order chi connectivity index (χ0) is 12.8. The number of carbonyl (C=O) groups excluding carboxylic acids is 1. The molecule has 0 fully saturated rings. The highest BCUT2D eigenvalue weighted by atomic mass is 16.4. The van der Waals surface area contributed by atoms with Gasteiger partial charge in [0.2, 0.25) is 0 Å². The van der Waals surface area contributed by atoms with E-state index in [0.717, 1.165) is 5.56 Å². The maximum absolute atomic E-state index is 11.7. The largest absolute Gasteiger partial charge is 0.481 e. The van der Waals surface area contributed by atoms with Gasteiger partial charge in [-0.1, -0.05) is 38.1 Å². The van der Waals surface area contributed by atoms with Crippen LogP contribution < -0.4 is 0 Å². The van der Waals surface area contributed by atoms with Crippen molar-refractivity contribution in [3.63, 3.8) is 0 Å². The van der Waals surface area contributed by atoms with Gasteiger partial charge in [0.05, 0.1) is 0 Å². The average Bonchev–Trinajstić information content (AvgIpc) is 2.26. The summed E-state index contributed by atoms with van der Waals surface area (Å²) in [5, 5.41) is 8.56. The van der Waals surface area contributed by atoms with Crippen LogP contribution in [0.1, 0.15) is 42.6 Å². The van der Waals surface area contributed by atoms with Crippen LogP contribution in [0, 0.1) is 5.92 Å². The molecule has 0 aliphatic carbocycles. The molecule has 0 radical (unpaired) electrons. The topological polar surface area (TPSA) is 54.4 Å². The van der Waals surface area contributed by atoms with E-state index in [4.69, 9.17) is 5.11 Å². The summed E-state index contributed by atoms with van der Waals surface area (Å²) in [6, 6.07) is 7.22. The number of hydrogen-bond acceptors (Lipinski definition) is 2. The smallest absolute Gasteiger partial charge is 0.303 e. The minimum Gasteiger partial charge on any atom is -0.481 e. The van der Waals surface area contributed by atoms with Crippen molar-refractivity contribution in [2.75, 3.05) is 0 Å². The van der Waals surface area contributed by atoms with Crippen LogP contribution in [0.4, 0.5) is 0 Å². The molecule has 1 aromatic carbocycles. The van der Waals surface area contributed by atoms with E-state index in [9.17, 15) is 9.59 Å². The van der Waals surface area contributed by atoms with Crippen molar-refractivity contribution in [2.45, 2.75) is 33.1 Å². The van der Waals surface area contributed by atoms with Gasteiger partial charge in [0.15, 0.2) is 5.78 Å². The van der Waals surface area contributed by atoms with Gasteiger partial charge in [0, 0.05) is 18.4 Å². The Labute approximate surface area is 101 Å². The molecule has 1 rings (SSSR count). The molecule has 1 aromatic rings. The first kappa shape index (κ1) is 13.4. The number of ketones is 1. The normalized spacial score (nSPS) is 10.5. The molecular formula is C14H18O3. The van der Waals surface area contributed by atoms with Crippen molar-refractivity contribution < 1.29 is 14.7 Å². The second-order valence-corrected chi connectivity index (χ2v) is 4.61. The molecule has 0 atom stereocenters. The van der Waals surface area contributed by atoms with E-state index in [1.165, 1.54) is 0 Å². The summed E-state index contributed by atoms with van der Waals surface area (Å²) in [5.74, 6) is -0.302. The summed E-state index contributed by atoms with van der Waals surface area (Å²) >= 11 is 0. The Morgan fingerprint density at radius 2 is 1.76 bits per heavy atom. The Morgan fingerprint density at radius 1 is 1.18 bits per heavy atom. The van der Waals surface area contributed by atoms with Gasteiger partial charge in [-0.3, -0.25) is 9.59 Å². The fourth-order valence-electron chi connectivity index (χ4n) is 1.60. The van der Waals surface area contributed by atoms with Crippen LogP contribution in [0.2, 0.25) is 0 Å². The Morgan fingerprint density at radius 3 is 2.24 bits per heavy atom. The summed E-state index contributed by atoms with van der Waals surface area (Å²) < 4.78 is 0. The predicted molar refractivity (Wildman–Crippen MR) is 66.2 cm³/mol. The van der Waals surface area contributed by atoms with Crippen molar-refractivity contribution in [2.24, 2.45) is 5.92 Å². The number of hydrogen-bond donors (Lipinski definition) is 1. The van der Waals surface area contributed by atoms with Gasteiger partial charge in [-0.05, 0) is 17.9 Å². The maximum atomic E-state index is 11.7. The van der Waals surface area contributed by atoms with E-state index in [2.05, 4.69) is 0 Å². The monoisotopic (exact) mass is 234 g/mol. The first-order valence-electron chi connectivity index (χ1n) is 5.83. The van der Waals surface area contributed by atoms with Gasteiger partial charge in [-0.2, -0.15) is 0 Å². The lowest BCUT2D eigenvalue weighted by atomic mass is 9.99. The first-order valence-corrected chi connectivity index (χ1v) is 5.83. The van der Waals surface area contributed by atoms with Crippen LogP contribution >= 0.6 is 0 Å². The maximum Gasteiger partial charge on any atom is 0.303 e. The molecular weight excluding hydrogens is 216 g/mol. The standard InChI is InChI=1S/C14H18O3/c1-10(2)9-13(15)12-6-3-11(4-7-12)5-8-14(16)17/h3-4,6-7,10H,5,8-9H2,1-2H3,(H,16,17). The lowest BCUT2D eigenvalue weighted by Gasteiger charge is -2.05. The molecule has 0 heterocycles. The van der Waals surface area contributed by atoms with E-state index < -0.39 is 5.97 Å². The van der Waals surface area contributed by atoms with Gasteiger partial charge < -0.3 is 5.11 Å². The van der Waals surface area contributed by atoms with Crippen LogP contribution in [0.25, 0.3) is 0 Å². The van der Waals surface area contributed by atoms with Crippen LogP contribution in [-0.2, 0) is 11.2 Å². The highest BCUT2D eigenvalue weighted by molar-refractivity contribution is 5.96. The Bertz CT molecular complexity index is 390. The molecule has 0 bridgehead atoms. The molecule has 0 saturated heterocycles. The molecule has 0 saturated carbocycles. The van der Waals surface area contributed by atoms with Crippen molar-refractivity contribution in [1.29, 1.82) is 0 Å². The molecule has 0 spiro atoms. The summed E-state index contributed by atoms with van der Waals surface area (Å²) in [4.78, 5) is 22.2. The number of Topliss-reactive ketones (excluding diaryl/α,β-unsaturated/α-hetero) is 1. The number of benzene rings is 1. The third-order valence-corrected chi connectivity index (χ3v) is 2.50. The van der Waals surface area contributed by atoms with E-state index in [1.807, 2.05) is 26.0 Å². The minimum absolute atomic E-state index is 0.124. The van der Waals surface area contributed by atoms with E-state index in [1.54, 1.807) is 12.1 Å². The van der Waals surface area contributed by atoms with Gasteiger partial charge in [0.25, 0.3) is 0 Å². The van der Waals surface area contributed by atoms with Crippen LogP contribution in [0.15, 0.2) is 24.3 Å². The Balaban J connectivity index is 2.61. The fourth-order valence-corrected chi connectivity index (χ4v) is 1.60. The zero-order valence-corrected chi connectivity index (χ0v) is 10.3. The second kappa shape index (κ2) is 6.18. The predicted octanol–water partition coefficient (Wildman–Crippen LogP) is 2.93. The van der Waals surface area contributed by atoms with E-state index in [-0.39, 0.29) is 12.2 Å². The molecule has 1 N–H and O–H groups in total. The number of carboxylic acids is 1. The van der Waals surface area contributed by atoms with Gasteiger partial charge in [-0.25, -0.2) is 0 Å². The molecule has 0 aliphatic rings. The summed E-state index contributed by atoms with van der Waals surface area (Å²) in [7, 11) is 0. The van der Waals surface area contributed by atoms with Crippen LogP contribution in [0.5, 0.6) is 0 Å². The highest BCUT2D eigenvalue weighted by Gasteiger charge is 2.08. The SMILES string of the molecule is CC(C)CC(=O)c1ccc(CCC(=O)O)cc1. The van der Waals surface area contributed by atoms with Crippen LogP contribution in [-0.4, -0.2) is 16.9 Å². The van der Waals surface area contributed by atoms with Gasteiger partial charge in [-0.15, -0.1) is 0 Å². The second-order valence-electron chi connectivity index (χ2n) is 4.61. The van der Waals surface area contributed by atoms with E-state index >= 15 is 0 Å². The van der Waals surface area contributed by atoms with Crippen molar-refractivity contribution in [1.82, 2.24) is 0 Å². The number of rotatable bonds is 6. The Kier molecular flexibility index (Phi) is 4.88. The molecule has 0 aromatic heterocycles. The van der Waals surface area contributed by atoms with Crippen molar-refractivity contribution in [3.05, 3.63) is 35.4 Å². The first-order chi connectivity index (χ1) is 7.99. The van der Waals surface area contributed by atoms with E-state index in [0.29, 0.717) is 24.3 Å². The number of aliphatic carboxylic acids is 1. The quantitative estimate of drug-likeness (QED) is 0.770. The highest BCUT2D eigenvalue weighted by Crippen LogP contribution is 2.11. The average molecular weight is 234 g/mol. The van der Waals surface area contributed by atoms with Crippen molar-refractivity contribution >= 4 is 11.8 Å². The zero-order valence-electron chi connectivity index (χ0n) is 10.3. The summed E-state index contributed by atoms with van der Waals surface area (Å²) in [6.45, 7) is 4.03. The molecule has 0 amide bonds. The molecule has 3 heteroatoms. The molecule has 92 valence electrons. The molecule has 17 heavy (non-hydrogen) atoms. The fraction of sp³-hybridized carbons (Fsp3) is 0.429. The number of carbonyl (C=O) groups is 2. The molecule has 3 nitrogen and oxygen atoms in total. The minimum atomic E-state index is -0.801. The van der Waals surface area contributed by atoms with Gasteiger partial charge in [0.1, 0.15) is 0 Å². The molecule has 0 unspecified atom stereocenters. The van der Waals surface area contributed by atoms with Gasteiger partial charge >= 0.3 is 5.97 Å². The van der Waals surface area contributed by atoms with Crippen molar-refractivity contribution in [3.8, 4) is 0 Å². The lowest BCUT2D eigenvalue weighted by molar-refractivity contribution is -0.136. The summed E-state index contributed by atoms with van der Waals surface area (Å²) in [5.41, 5.74) is 1.66. The summed E-state index contributed by atoms with van der Waals surface area (Å²) in [6.07, 6.45) is 1.18. The number of carboxylic acid groups (broad SMARTS) is 1. The van der Waals surface area contributed by atoms with Crippen LogP contribution in [0.3, 0.4) is 0 Å². The molecule has 0 aliphatic heterocycles. The number of aryl methyl sites for hydroxylation is 1. The Hall–Kier alpha value is -1.64. The third-order valence-electron chi connectivity index (χ3n) is 2.50.